The van der Waals surface area contributed by atoms with Crippen LogP contribution in [0.3, 0.4) is 0 Å². The molecule has 1 amide bonds. The first kappa shape index (κ1) is 17.0. The Morgan fingerprint density at radius 3 is 2.40 bits per heavy atom. The van der Waals surface area contributed by atoms with Gasteiger partial charge in [-0.1, -0.05) is 0 Å². The lowest BCUT2D eigenvalue weighted by molar-refractivity contribution is 0.0964. The summed E-state index contributed by atoms with van der Waals surface area (Å²) in [5.41, 5.74) is 1.49. The Morgan fingerprint density at radius 2 is 1.80 bits per heavy atom. The number of hydrogen-bond donors (Lipinski definition) is 2. The summed E-state index contributed by atoms with van der Waals surface area (Å²) >= 11 is 0. The van der Waals surface area contributed by atoms with Gasteiger partial charge >= 0.3 is 0 Å². The quantitative estimate of drug-likeness (QED) is 0.747. The van der Waals surface area contributed by atoms with E-state index in [1.54, 1.807) is 12.1 Å². The van der Waals surface area contributed by atoms with Gasteiger partial charge in [-0.15, -0.1) is 0 Å². The summed E-state index contributed by atoms with van der Waals surface area (Å²) in [5, 5.41) is 3.08. The highest BCUT2D eigenvalue weighted by Crippen LogP contribution is 2.35. The molecule has 0 fully saturated rings. The molecule has 0 saturated carbocycles. The second kappa shape index (κ2) is 6.21. The third-order valence-corrected chi connectivity index (χ3v) is 4.16. The monoisotopic (exact) mass is 362 g/mol. The summed E-state index contributed by atoms with van der Waals surface area (Å²) < 4.78 is 44.1. The van der Waals surface area contributed by atoms with Gasteiger partial charge in [-0.05, 0) is 36.4 Å². The summed E-state index contributed by atoms with van der Waals surface area (Å²) in [6, 6.07) is 10.2. The SMILES string of the molecule is CNC(=O)c1c(-c2ccc(F)cc2)oc2cc(NS(C)(=O)=O)ccc12. The number of hydrogen-bond acceptors (Lipinski definition) is 4. The van der Waals surface area contributed by atoms with E-state index in [2.05, 4.69) is 10.0 Å². The number of fused-ring (bicyclic) bond motifs is 1. The van der Waals surface area contributed by atoms with Gasteiger partial charge in [-0.25, -0.2) is 12.8 Å². The van der Waals surface area contributed by atoms with Crippen LogP contribution in [-0.4, -0.2) is 27.6 Å². The molecule has 0 saturated heterocycles. The molecule has 0 aliphatic heterocycles. The summed E-state index contributed by atoms with van der Waals surface area (Å²) in [5.74, 6) is -0.478. The number of carbonyl (C=O) groups excluding carboxylic acids is 1. The van der Waals surface area contributed by atoms with Crippen LogP contribution in [0.5, 0.6) is 0 Å². The number of rotatable bonds is 4. The summed E-state index contributed by atoms with van der Waals surface area (Å²) in [4.78, 5) is 12.3. The lowest BCUT2D eigenvalue weighted by atomic mass is 10.0. The van der Waals surface area contributed by atoms with Crippen LogP contribution in [0.4, 0.5) is 10.1 Å². The highest BCUT2D eigenvalue weighted by Gasteiger charge is 2.22. The molecule has 3 aromatic rings. The molecule has 0 spiro atoms. The molecule has 0 radical (unpaired) electrons. The summed E-state index contributed by atoms with van der Waals surface area (Å²) in [6.45, 7) is 0. The standard InChI is InChI=1S/C17H15FN2O4S/c1-19-17(21)15-13-8-7-12(20-25(2,22)23)9-14(13)24-16(15)10-3-5-11(18)6-4-10/h3-9,20H,1-2H3,(H,19,21). The second-order valence-electron chi connectivity index (χ2n) is 5.48. The fourth-order valence-corrected chi connectivity index (χ4v) is 3.08. The molecule has 3 rings (SSSR count). The first-order valence-electron chi connectivity index (χ1n) is 7.31. The third-order valence-electron chi connectivity index (χ3n) is 3.55. The van der Waals surface area contributed by atoms with Crippen molar-refractivity contribution in [3.05, 3.63) is 53.8 Å². The zero-order valence-corrected chi connectivity index (χ0v) is 14.3. The number of halogens is 1. The van der Waals surface area contributed by atoms with Crippen molar-refractivity contribution in [1.82, 2.24) is 5.32 Å². The molecule has 0 atom stereocenters. The van der Waals surface area contributed by atoms with Crippen LogP contribution >= 0.6 is 0 Å². The predicted octanol–water partition coefficient (Wildman–Crippen LogP) is 2.97. The van der Waals surface area contributed by atoms with Gasteiger partial charge in [0.15, 0.2) is 0 Å². The van der Waals surface area contributed by atoms with Gasteiger partial charge in [0.05, 0.1) is 17.5 Å². The van der Waals surface area contributed by atoms with E-state index in [-0.39, 0.29) is 11.7 Å². The molecular formula is C17H15FN2O4S. The number of nitrogens with one attached hydrogen (secondary N) is 2. The van der Waals surface area contributed by atoms with E-state index in [4.69, 9.17) is 4.42 Å². The van der Waals surface area contributed by atoms with Gasteiger partial charge in [0, 0.05) is 24.1 Å². The molecule has 8 heteroatoms. The highest BCUT2D eigenvalue weighted by atomic mass is 32.2. The van der Waals surface area contributed by atoms with Crippen molar-refractivity contribution >= 4 is 32.6 Å². The van der Waals surface area contributed by atoms with Gasteiger partial charge in [-0.2, -0.15) is 0 Å². The number of furan rings is 1. The van der Waals surface area contributed by atoms with E-state index in [0.717, 1.165) is 6.26 Å². The van der Waals surface area contributed by atoms with E-state index in [1.807, 2.05) is 0 Å². The van der Waals surface area contributed by atoms with Crippen LogP contribution in [0.15, 0.2) is 46.9 Å². The lowest BCUT2D eigenvalue weighted by Gasteiger charge is -2.03. The Kier molecular flexibility index (Phi) is 4.22. The zero-order valence-electron chi connectivity index (χ0n) is 13.5. The summed E-state index contributed by atoms with van der Waals surface area (Å²) in [6.07, 6.45) is 1.04. The number of carbonyl (C=O) groups is 1. The van der Waals surface area contributed by atoms with Crippen molar-refractivity contribution in [3.63, 3.8) is 0 Å². The summed E-state index contributed by atoms with van der Waals surface area (Å²) in [7, 11) is -1.94. The molecule has 2 aromatic carbocycles. The molecule has 0 bridgehead atoms. The van der Waals surface area contributed by atoms with Crippen molar-refractivity contribution in [2.45, 2.75) is 0 Å². The van der Waals surface area contributed by atoms with Gasteiger partial charge in [0.1, 0.15) is 17.2 Å². The predicted molar refractivity (Wildman–Crippen MR) is 93.5 cm³/mol. The number of sulfonamides is 1. The minimum Gasteiger partial charge on any atom is -0.455 e. The Hall–Kier alpha value is -2.87. The van der Waals surface area contributed by atoms with Crippen molar-refractivity contribution in [2.75, 3.05) is 18.0 Å². The van der Waals surface area contributed by atoms with Crippen LogP contribution in [0.2, 0.25) is 0 Å². The molecule has 2 N–H and O–H groups in total. The van der Waals surface area contributed by atoms with E-state index < -0.39 is 15.8 Å². The Bertz CT molecular complexity index is 1060. The molecule has 1 heterocycles. The maximum atomic E-state index is 13.2. The molecule has 0 aliphatic carbocycles. The van der Waals surface area contributed by atoms with Crippen LogP contribution in [0, 0.1) is 5.82 Å². The number of amides is 1. The molecule has 130 valence electrons. The molecule has 1 aromatic heterocycles. The minimum absolute atomic E-state index is 0.283. The Balaban J connectivity index is 2.21. The van der Waals surface area contributed by atoms with E-state index in [0.29, 0.717) is 27.8 Å². The first-order chi connectivity index (χ1) is 11.8. The fraction of sp³-hybridized carbons (Fsp3) is 0.118. The van der Waals surface area contributed by atoms with Crippen LogP contribution < -0.4 is 10.0 Å². The Labute approximate surface area is 143 Å². The third kappa shape index (κ3) is 3.48. The average molecular weight is 362 g/mol. The highest BCUT2D eigenvalue weighted by molar-refractivity contribution is 7.92. The van der Waals surface area contributed by atoms with Gasteiger partial charge in [0.2, 0.25) is 10.0 Å². The lowest BCUT2D eigenvalue weighted by Crippen LogP contribution is -2.18. The average Bonchev–Trinajstić information content (AvgIpc) is 2.91. The minimum atomic E-state index is -3.44. The van der Waals surface area contributed by atoms with E-state index >= 15 is 0 Å². The number of anilines is 1. The van der Waals surface area contributed by atoms with Crippen molar-refractivity contribution in [1.29, 1.82) is 0 Å². The van der Waals surface area contributed by atoms with Gasteiger partial charge < -0.3 is 9.73 Å². The Morgan fingerprint density at radius 1 is 1.12 bits per heavy atom. The van der Waals surface area contributed by atoms with Crippen LogP contribution in [0.25, 0.3) is 22.3 Å². The zero-order chi connectivity index (χ0) is 18.2. The maximum Gasteiger partial charge on any atom is 0.255 e. The van der Waals surface area contributed by atoms with Crippen LogP contribution in [-0.2, 0) is 10.0 Å². The van der Waals surface area contributed by atoms with Crippen LogP contribution in [0.1, 0.15) is 10.4 Å². The van der Waals surface area contributed by atoms with Gasteiger partial charge in [0.25, 0.3) is 5.91 Å². The smallest absolute Gasteiger partial charge is 0.255 e. The van der Waals surface area contributed by atoms with Crippen molar-refractivity contribution in [2.24, 2.45) is 0 Å². The van der Waals surface area contributed by atoms with E-state index in [1.165, 1.54) is 37.4 Å². The molecule has 0 unspecified atom stereocenters. The molecule has 6 nitrogen and oxygen atoms in total. The second-order valence-corrected chi connectivity index (χ2v) is 7.23. The molecule has 25 heavy (non-hydrogen) atoms. The topological polar surface area (TPSA) is 88.4 Å². The van der Waals surface area contributed by atoms with E-state index in [9.17, 15) is 17.6 Å². The largest absolute Gasteiger partial charge is 0.455 e. The van der Waals surface area contributed by atoms with Crippen molar-refractivity contribution < 1.29 is 22.0 Å². The fourth-order valence-electron chi connectivity index (χ4n) is 2.53. The molecular weight excluding hydrogens is 347 g/mol. The number of benzene rings is 2. The molecule has 0 aliphatic rings. The first-order valence-corrected chi connectivity index (χ1v) is 9.20. The maximum absolute atomic E-state index is 13.2. The van der Waals surface area contributed by atoms with Crippen molar-refractivity contribution in [3.8, 4) is 11.3 Å². The van der Waals surface area contributed by atoms with Gasteiger partial charge in [-0.3, -0.25) is 9.52 Å². The normalized spacial score (nSPS) is 11.5.